The number of rotatable bonds is 8. The molecule has 0 radical (unpaired) electrons. The highest BCUT2D eigenvalue weighted by Crippen LogP contribution is 2.24. The molecule has 0 bridgehead atoms. The summed E-state index contributed by atoms with van der Waals surface area (Å²) in [6, 6.07) is 7.28. The van der Waals surface area contributed by atoms with Gasteiger partial charge in [-0.1, -0.05) is 15.9 Å². The van der Waals surface area contributed by atoms with E-state index in [1.807, 2.05) is 32.9 Å². The van der Waals surface area contributed by atoms with Crippen LogP contribution in [-0.2, 0) is 9.53 Å². The molecule has 1 aromatic carbocycles. The van der Waals surface area contributed by atoms with E-state index >= 15 is 0 Å². The number of hydrogen-bond acceptors (Lipinski definition) is 4. The Labute approximate surface area is 147 Å². The van der Waals surface area contributed by atoms with Gasteiger partial charge in [-0.3, -0.25) is 0 Å². The minimum atomic E-state index is -1.05. The SMILES string of the molecule is CC(C)(C)OC(=O)C(C)(C)Oc1ccc(OCCCCBr)cc1. The Morgan fingerprint density at radius 3 is 2.09 bits per heavy atom. The minimum absolute atomic E-state index is 0.389. The number of unbranched alkanes of at least 4 members (excludes halogenated alkanes) is 1. The first-order valence-electron chi connectivity index (χ1n) is 7.85. The lowest BCUT2D eigenvalue weighted by Gasteiger charge is -2.29. The van der Waals surface area contributed by atoms with Crippen LogP contribution >= 0.6 is 15.9 Å². The topological polar surface area (TPSA) is 44.8 Å². The highest BCUT2D eigenvalue weighted by atomic mass is 79.9. The van der Waals surface area contributed by atoms with Crippen LogP contribution in [0.2, 0.25) is 0 Å². The summed E-state index contributed by atoms with van der Waals surface area (Å²) in [6.45, 7) is 9.60. The Kier molecular flexibility index (Phi) is 7.39. The van der Waals surface area contributed by atoms with Crippen LogP contribution in [0.25, 0.3) is 0 Å². The molecule has 1 aromatic rings. The Morgan fingerprint density at radius 1 is 1.00 bits per heavy atom. The van der Waals surface area contributed by atoms with Crippen molar-refractivity contribution in [2.75, 3.05) is 11.9 Å². The quantitative estimate of drug-likeness (QED) is 0.367. The van der Waals surface area contributed by atoms with Crippen molar-refractivity contribution >= 4 is 21.9 Å². The lowest BCUT2D eigenvalue weighted by molar-refractivity contribution is -0.170. The van der Waals surface area contributed by atoms with E-state index < -0.39 is 11.2 Å². The summed E-state index contributed by atoms with van der Waals surface area (Å²) < 4.78 is 16.8. The van der Waals surface area contributed by atoms with Crippen molar-refractivity contribution in [3.63, 3.8) is 0 Å². The maximum atomic E-state index is 12.2. The molecular weight excluding hydrogens is 360 g/mol. The molecule has 0 fully saturated rings. The van der Waals surface area contributed by atoms with Gasteiger partial charge >= 0.3 is 5.97 Å². The van der Waals surface area contributed by atoms with Gasteiger partial charge in [0.2, 0.25) is 0 Å². The Morgan fingerprint density at radius 2 is 1.57 bits per heavy atom. The standard InChI is InChI=1S/C18H27BrO4/c1-17(2,3)23-16(20)18(4,5)22-15-10-8-14(9-11-15)21-13-7-6-12-19/h8-11H,6-7,12-13H2,1-5H3. The molecule has 0 saturated heterocycles. The fourth-order valence-corrected chi connectivity index (χ4v) is 2.12. The molecular formula is C18H27BrO4. The van der Waals surface area contributed by atoms with Gasteiger partial charge in [-0.25, -0.2) is 4.79 Å². The Bertz CT molecular complexity index is 489. The lowest BCUT2D eigenvalue weighted by atomic mass is 10.1. The van der Waals surface area contributed by atoms with Crippen molar-refractivity contribution in [3.8, 4) is 11.5 Å². The van der Waals surface area contributed by atoms with E-state index in [0.29, 0.717) is 12.4 Å². The van der Waals surface area contributed by atoms with Crippen molar-refractivity contribution in [1.82, 2.24) is 0 Å². The number of hydrogen-bond donors (Lipinski definition) is 0. The molecule has 0 aromatic heterocycles. The van der Waals surface area contributed by atoms with E-state index in [2.05, 4.69) is 15.9 Å². The first-order valence-corrected chi connectivity index (χ1v) is 8.97. The van der Waals surface area contributed by atoms with Crippen LogP contribution in [-0.4, -0.2) is 29.1 Å². The summed E-state index contributed by atoms with van der Waals surface area (Å²) in [5, 5.41) is 0.989. The molecule has 0 aliphatic rings. The van der Waals surface area contributed by atoms with Crippen LogP contribution in [0.5, 0.6) is 11.5 Å². The number of carbonyl (C=O) groups is 1. The molecule has 0 N–H and O–H groups in total. The second-order valence-electron chi connectivity index (χ2n) is 6.83. The highest BCUT2D eigenvalue weighted by molar-refractivity contribution is 9.09. The zero-order valence-electron chi connectivity index (χ0n) is 14.6. The molecule has 0 amide bonds. The van der Waals surface area contributed by atoms with E-state index in [0.717, 1.165) is 23.9 Å². The molecule has 0 aliphatic heterocycles. The van der Waals surface area contributed by atoms with Gasteiger partial charge in [-0.2, -0.15) is 0 Å². The molecule has 0 saturated carbocycles. The summed E-state index contributed by atoms with van der Waals surface area (Å²) in [7, 11) is 0. The fraction of sp³-hybridized carbons (Fsp3) is 0.611. The third-order valence-electron chi connectivity index (χ3n) is 2.88. The number of alkyl halides is 1. The number of ether oxygens (including phenoxy) is 3. The van der Waals surface area contributed by atoms with E-state index in [9.17, 15) is 4.79 Å². The van der Waals surface area contributed by atoms with Crippen LogP contribution in [0.3, 0.4) is 0 Å². The molecule has 1 rings (SSSR count). The van der Waals surface area contributed by atoms with Crippen molar-refractivity contribution < 1.29 is 19.0 Å². The third kappa shape index (κ3) is 7.73. The Hall–Kier alpha value is -1.23. The van der Waals surface area contributed by atoms with Crippen molar-refractivity contribution in [3.05, 3.63) is 24.3 Å². The predicted molar refractivity (Wildman–Crippen MR) is 95.5 cm³/mol. The highest BCUT2D eigenvalue weighted by Gasteiger charge is 2.34. The van der Waals surface area contributed by atoms with Gasteiger partial charge in [0.25, 0.3) is 0 Å². The fourth-order valence-electron chi connectivity index (χ4n) is 1.73. The van der Waals surface area contributed by atoms with E-state index in [-0.39, 0.29) is 5.97 Å². The first kappa shape index (κ1) is 19.8. The summed E-state index contributed by atoms with van der Waals surface area (Å²) in [5.74, 6) is 1.01. The average molecular weight is 387 g/mol. The van der Waals surface area contributed by atoms with E-state index in [4.69, 9.17) is 14.2 Å². The van der Waals surface area contributed by atoms with Crippen LogP contribution < -0.4 is 9.47 Å². The van der Waals surface area contributed by atoms with Gasteiger partial charge in [0, 0.05) is 5.33 Å². The Balaban J connectivity index is 2.57. The van der Waals surface area contributed by atoms with Gasteiger partial charge in [-0.05, 0) is 71.7 Å². The van der Waals surface area contributed by atoms with Gasteiger partial charge in [0.05, 0.1) is 6.61 Å². The molecule has 0 unspecified atom stereocenters. The van der Waals surface area contributed by atoms with Gasteiger partial charge in [0.15, 0.2) is 5.60 Å². The van der Waals surface area contributed by atoms with Crippen LogP contribution in [0.1, 0.15) is 47.5 Å². The molecule has 23 heavy (non-hydrogen) atoms. The molecule has 5 heteroatoms. The summed E-state index contributed by atoms with van der Waals surface area (Å²) in [5.41, 5.74) is -1.59. The maximum Gasteiger partial charge on any atom is 0.350 e. The van der Waals surface area contributed by atoms with Crippen molar-refractivity contribution in [2.45, 2.75) is 58.7 Å². The van der Waals surface area contributed by atoms with Gasteiger partial charge in [-0.15, -0.1) is 0 Å². The largest absolute Gasteiger partial charge is 0.494 e. The molecule has 0 spiro atoms. The molecule has 0 atom stereocenters. The number of carbonyl (C=O) groups excluding carboxylic acids is 1. The van der Waals surface area contributed by atoms with Gasteiger partial charge in [0.1, 0.15) is 17.1 Å². The molecule has 130 valence electrons. The smallest absolute Gasteiger partial charge is 0.350 e. The summed E-state index contributed by atoms with van der Waals surface area (Å²) in [6.07, 6.45) is 2.10. The first-order chi connectivity index (χ1) is 10.6. The zero-order chi connectivity index (χ0) is 17.5. The van der Waals surface area contributed by atoms with Crippen molar-refractivity contribution in [2.24, 2.45) is 0 Å². The molecule has 4 nitrogen and oxygen atoms in total. The number of halogens is 1. The predicted octanol–water partition coefficient (Wildman–Crippen LogP) is 4.74. The average Bonchev–Trinajstić information content (AvgIpc) is 2.43. The second-order valence-corrected chi connectivity index (χ2v) is 7.62. The van der Waals surface area contributed by atoms with Crippen LogP contribution in [0, 0.1) is 0 Å². The lowest BCUT2D eigenvalue weighted by Crippen LogP contribution is -2.43. The number of benzene rings is 1. The van der Waals surface area contributed by atoms with E-state index in [1.165, 1.54) is 0 Å². The van der Waals surface area contributed by atoms with Crippen molar-refractivity contribution in [1.29, 1.82) is 0 Å². The normalized spacial score (nSPS) is 11.9. The summed E-state index contributed by atoms with van der Waals surface area (Å²) >= 11 is 3.39. The van der Waals surface area contributed by atoms with Crippen LogP contribution in [0.15, 0.2) is 24.3 Å². The van der Waals surface area contributed by atoms with Gasteiger partial charge < -0.3 is 14.2 Å². The van der Waals surface area contributed by atoms with Crippen LogP contribution in [0.4, 0.5) is 0 Å². The monoisotopic (exact) mass is 386 g/mol. The molecule has 0 heterocycles. The zero-order valence-corrected chi connectivity index (χ0v) is 16.2. The summed E-state index contributed by atoms with van der Waals surface area (Å²) in [4.78, 5) is 12.2. The minimum Gasteiger partial charge on any atom is -0.494 e. The second kappa shape index (κ2) is 8.57. The van der Waals surface area contributed by atoms with E-state index in [1.54, 1.807) is 26.0 Å². The maximum absolute atomic E-state index is 12.2. The number of esters is 1. The third-order valence-corrected chi connectivity index (χ3v) is 3.44. The molecule has 0 aliphatic carbocycles.